The minimum atomic E-state index is -0.477. The van der Waals surface area contributed by atoms with Crippen molar-refractivity contribution in [2.24, 2.45) is 0 Å². The molecule has 0 bridgehead atoms. The smallest absolute Gasteiger partial charge is 0.228 e. The third-order valence-electron chi connectivity index (χ3n) is 5.21. The number of carbonyl (C=O) groups is 1. The second-order valence-electron chi connectivity index (χ2n) is 7.40. The molecule has 6 nitrogen and oxygen atoms in total. The third kappa shape index (κ3) is 4.50. The van der Waals surface area contributed by atoms with Gasteiger partial charge in [0.25, 0.3) is 0 Å². The predicted molar refractivity (Wildman–Crippen MR) is 113 cm³/mol. The summed E-state index contributed by atoms with van der Waals surface area (Å²) in [6.07, 6.45) is 4.40. The monoisotopic (exact) mass is 408 g/mol. The van der Waals surface area contributed by atoms with E-state index in [1.165, 1.54) is 12.5 Å². The Kier molecular flexibility index (Phi) is 6.07. The molecule has 1 N–H and O–H groups in total. The van der Waals surface area contributed by atoms with Gasteiger partial charge in [0.2, 0.25) is 5.91 Å². The molecule has 156 valence electrons. The molecule has 1 amide bonds. The van der Waals surface area contributed by atoms with E-state index < -0.39 is 5.82 Å². The Hall–Kier alpha value is -3.22. The van der Waals surface area contributed by atoms with Crippen LogP contribution in [-0.2, 0) is 24.2 Å². The topological polar surface area (TPSA) is 69.0 Å². The van der Waals surface area contributed by atoms with Crippen molar-refractivity contribution >= 4 is 11.6 Å². The van der Waals surface area contributed by atoms with E-state index in [0.717, 1.165) is 48.5 Å². The van der Waals surface area contributed by atoms with Gasteiger partial charge in [0.05, 0.1) is 18.7 Å². The van der Waals surface area contributed by atoms with Crippen molar-refractivity contribution in [3.05, 3.63) is 59.7 Å². The number of nitrogens with zero attached hydrogens (tertiary/aromatic N) is 3. The number of anilines is 1. The first-order valence-electron chi connectivity index (χ1n) is 10.4. The van der Waals surface area contributed by atoms with E-state index in [9.17, 15) is 9.18 Å². The van der Waals surface area contributed by atoms with Crippen molar-refractivity contribution in [1.82, 2.24) is 14.8 Å². The summed E-state index contributed by atoms with van der Waals surface area (Å²) in [5, 5.41) is 11.3. The van der Waals surface area contributed by atoms with Crippen molar-refractivity contribution in [3.63, 3.8) is 0 Å². The van der Waals surface area contributed by atoms with Crippen LogP contribution >= 0.6 is 0 Å². The molecule has 0 saturated heterocycles. The highest BCUT2D eigenvalue weighted by molar-refractivity contribution is 5.93. The number of aryl methyl sites for hydroxylation is 1. The molecule has 0 spiro atoms. The first-order chi connectivity index (χ1) is 14.6. The van der Waals surface area contributed by atoms with Crippen molar-refractivity contribution in [2.75, 3.05) is 11.9 Å². The summed E-state index contributed by atoms with van der Waals surface area (Å²) < 4.78 is 21.9. The number of hydrogen-bond donors (Lipinski definition) is 1. The van der Waals surface area contributed by atoms with Crippen molar-refractivity contribution in [1.29, 1.82) is 0 Å². The second kappa shape index (κ2) is 9.07. The number of rotatable bonds is 6. The number of fused-ring (bicyclic) bond motifs is 1. The zero-order chi connectivity index (χ0) is 20.9. The molecule has 0 saturated carbocycles. The van der Waals surface area contributed by atoms with Crippen molar-refractivity contribution in [2.45, 2.75) is 45.6 Å². The number of hydrogen-bond acceptors (Lipinski definition) is 4. The van der Waals surface area contributed by atoms with E-state index >= 15 is 0 Å². The van der Waals surface area contributed by atoms with Gasteiger partial charge in [0, 0.05) is 18.5 Å². The third-order valence-corrected chi connectivity index (χ3v) is 5.21. The van der Waals surface area contributed by atoms with Crippen LogP contribution in [0, 0.1) is 5.82 Å². The first-order valence-corrected chi connectivity index (χ1v) is 10.4. The van der Waals surface area contributed by atoms with E-state index in [-0.39, 0.29) is 18.0 Å². The Balaban J connectivity index is 1.50. The van der Waals surface area contributed by atoms with Gasteiger partial charge in [0.1, 0.15) is 17.4 Å². The quantitative estimate of drug-likeness (QED) is 0.657. The van der Waals surface area contributed by atoms with Crippen LogP contribution in [0.4, 0.5) is 10.1 Å². The van der Waals surface area contributed by atoms with Gasteiger partial charge in [-0.1, -0.05) is 18.6 Å². The van der Waals surface area contributed by atoms with E-state index in [1.54, 1.807) is 12.1 Å². The van der Waals surface area contributed by atoms with Crippen LogP contribution in [0.2, 0.25) is 0 Å². The summed E-state index contributed by atoms with van der Waals surface area (Å²) in [7, 11) is 0. The predicted octanol–water partition coefficient (Wildman–Crippen LogP) is 4.39. The fourth-order valence-electron chi connectivity index (χ4n) is 3.71. The number of aromatic nitrogens is 3. The molecule has 7 heteroatoms. The lowest BCUT2D eigenvalue weighted by Gasteiger charge is -2.11. The summed E-state index contributed by atoms with van der Waals surface area (Å²) in [6, 6.07) is 12.0. The Morgan fingerprint density at radius 1 is 1.13 bits per heavy atom. The van der Waals surface area contributed by atoms with E-state index in [1.807, 2.05) is 31.2 Å². The molecule has 0 unspecified atom stereocenters. The number of halogens is 1. The summed E-state index contributed by atoms with van der Waals surface area (Å²) in [5.41, 5.74) is 1.72. The second-order valence-corrected chi connectivity index (χ2v) is 7.40. The first kappa shape index (κ1) is 20.1. The Morgan fingerprint density at radius 2 is 1.97 bits per heavy atom. The zero-order valence-corrected chi connectivity index (χ0v) is 17.0. The zero-order valence-electron chi connectivity index (χ0n) is 17.0. The Morgan fingerprint density at radius 3 is 2.77 bits per heavy atom. The maximum Gasteiger partial charge on any atom is 0.228 e. The molecule has 2 aromatic carbocycles. The molecule has 1 aromatic heterocycles. The minimum absolute atomic E-state index is 0.148. The van der Waals surface area contributed by atoms with Gasteiger partial charge in [-0.25, -0.2) is 4.39 Å². The lowest BCUT2D eigenvalue weighted by molar-refractivity contribution is -0.115. The maximum absolute atomic E-state index is 14.4. The normalized spacial score (nSPS) is 13.4. The molecule has 0 atom stereocenters. The molecular weight excluding hydrogens is 383 g/mol. The van der Waals surface area contributed by atoms with Crippen LogP contribution in [0.15, 0.2) is 42.5 Å². The molecule has 1 aliphatic rings. The van der Waals surface area contributed by atoms with Gasteiger partial charge in [0.15, 0.2) is 5.82 Å². The average molecular weight is 408 g/mol. The van der Waals surface area contributed by atoms with Gasteiger partial charge in [-0.3, -0.25) is 4.79 Å². The number of ether oxygens (including phenoxy) is 1. The van der Waals surface area contributed by atoms with Crippen molar-refractivity contribution in [3.8, 4) is 17.1 Å². The number of nitrogens with one attached hydrogen (secondary N) is 1. The van der Waals surface area contributed by atoms with Gasteiger partial charge in [-0.2, -0.15) is 0 Å². The van der Waals surface area contributed by atoms with Crippen LogP contribution in [0.1, 0.15) is 37.6 Å². The molecule has 0 aliphatic carbocycles. The Bertz CT molecular complexity index is 1030. The molecular formula is C23H25FN4O2. The molecule has 3 aromatic rings. The fourth-order valence-corrected chi connectivity index (χ4v) is 3.71. The van der Waals surface area contributed by atoms with Gasteiger partial charge in [-0.15, -0.1) is 10.2 Å². The van der Waals surface area contributed by atoms with Crippen molar-refractivity contribution < 1.29 is 13.9 Å². The summed E-state index contributed by atoms with van der Waals surface area (Å²) in [4.78, 5) is 12.5. The van der Waals surface area contributed by atoms with Crippen LogP contribution in [0.5, 0.6) is 5.75 Å². The molecule has 30 heavy (non-hydrogen) atoms. The van der Waals surface area contributed by atoms with Crippen LogP contribution in [0.25, 0.3) is 11.4 Å². The number of carbonyl (C=O) groups excluding carboxylic acids is 1. The summed E-state index contributed by atoms with van der Waals surface area (Å²) in [5.74, 6) is 1.68. The average Bonchev–Trinajstić information content (AvgIpc) is 2.99. The lowest BCUT2D eigenvalue weighted by atomic mass is 10.1. The van der Waals surface area contributed by atoms with Gasteiger partial charge < -0.3 is 14.6 Å². The highest BCUT2D eigenvalue weighted by Crippen LogP contribution is 2.26. The molecule has 1 aliphatic heterocycles. The van der Waals surface area contributed by atoms with Crippen LogP contribution in [0.3, 0.4) is 0 Å². The molecule has 4 rings (SSSR count). The maximum atomic E-state index is 14.4. The molecule has 0 radical (unpaired) electrons. The van der Waals surface area contributed by atoms with Gasteiger partial charge in [-0.05, 0) is 55.7 Å². The van der Waals surface area contributed by atoms with E-state index in [4.69, 9.17) is 4.74 Å². The number of amides is 1. The molecule has 2 heterocycles. The highest BCUT2D eigenvalue weighted by Gasteiger charge is 2.17. The fraction of sp³-hybridized carbons (Fsp3) is 0.348. The minimum Gasteiger partial charge on any atom is -0.494 e. The standard InChI is InChI=1S/C23H25FN4O2/c1-2-30-18-10-7-16(8-11-18)14-22(29)25-20-15-17(9-12-19(20)24)23-27-26-21-6-4-3-5-13-28(21)23/h7-12,15H,2-6,13-14H2,1H3,(H,25,29). The highest BCUT2D eigenvalue weighted by atomic mass is 19.1. The van der Waals surface area contributed by atoms with Crippen LogP contribution in [-0.4, -0.2) is 27.3 Å². The largest absolute Gasteiger partial charge is 0.494 e. The SMILES string of the molecule is CCOc1ccc(CC(=O)Nc2cc(-c3nnc4n3CCCCC4)ccc2F)cc1. The number of benzene rings is 2. The van der Waals surface area contributed by atoms with E-state index in [2.05, 4.69) is 20.1 Å². The van der Waals surface area contributed by atoms with Gasteiger partial charge >= 0.3 is 0 Å². The molecule has 0 fully saturated rings. The summed E-state index contributed by atoms with van der Waals surface area (Å²) >= 11 is 0. The lowest BCUT2D eigenvalue weighted by Crippen LogP contribution is -2.15. The Labute approximate surface area is 175 Å². The summed E-state index contributed by atoms with van der Waals surface area (Å²) in [6.45, 7) is 3.36. The van der Waals surface area contributed by atoms with E-state index in [0.29, 0.717) is 12.4 Å². The van der Waals surface area contributed by atoms with Crippen LogP contribution < -0.4 is 10.1 Å².